The van der Waals surface area contributed by atoms with Crippen molar-refractivity contribution in [2.24, 2.45) is 0 Å². The molecule has 2 heteroatoms. The summed E-state index contributed by atoms with van der Waals surface area (Å²) < 4.78 is 0. The van der Waals surface area contributed by atoms with Gasteiger partial charge in [-0.3, -0.25) is 0 Å². The molecule has 1 rings (SSSR count). The standard InChI is InChI=1S/C15H18O2/c1-4-7-11-10-14(16)12(8-5-2)13(9-6-3)15(11)17/h4-6,10,16-17H,1-3,7-9H2. The van der Waals surface area contributed by atoms with Crippen molar-refractivity contribution in [2.45, 2.75) is 19.3 Å². The average molecular weight is 230 g/mol. The third kappa shape index (κ3) is 2.78. The SMILES string of the molecule is C=CCc1cc(O)c(CC=C)c(CC=C)c1O. The summed E-state index contributed by atoms with van der Waals surface area (Å²) in [6.07, 6.45) is 6.68. The van der Waals surface area contributed by atoms with Gasteiger partial charge in [0.25, 0.3) is 0 Å². The summed E-state index contributed by atoms with van der Waals surface area (Å²) in [4.78, 5) is 0. The van der Waals surface area contributed by atoms with Crippen molar-refractivity contribution in [1.29, 1.82) is 0 Å². The Bertz CT molecular complexity index is 445. The quantitative estimate of drug-likeness (QED) is 0.581. The van der Waals surface area contributed by atoms with Gasteiger partial charge >= 0.3 is 0 Å². The maximum atomic E-state index is 10.1. The molecular formula is C15H18O2. The predicted molar refractivity (Wildman–Crippen MR) is 71.5 cm³/mol. The Morgan fingerprint density at radius 1 is 0.882 bits per heavy atom. The zero-order valence-corrected chi connectivity index (χ0v) is 9.95. The Labute approximate surface area is 102 Å². The molecule has 0 saturated carbocycles. The molecule has 2 N–H and O–H groups in total. The number of phenolic OH excluding ortho intramolecular Hbond substituents is 2. The Morgan fingerprint density at radius 3 is 1.94 bits per heavy atom. The van der Waals surface area contributed by atoms with Crippen molar-refractivity contribution in [1.82, 2.24) is 0 Å². The van der Waals surface area contributed by atoms with Crippen LogP contribution in [0.25, 0.3) is 0 Å². The van der Waals surface area contributed by atoms with Crippen LogP contribution >= 0.6 is 0 Å². The normalized spacial score (nSPS) is 9.88. The molecule has 0 fully saturated rings. The molecule has 0 spiro atoms. The van der Waals surface area contributed by atoms with E-state index in [1.807, 2.05) is 0 Å². The summed E-state index contributed by atoms with van der Waals surface area (Å²) in [6.45, 7) is 10.9. The highest BCUT2D eigenvalue weighted by Crippen LogP contribution is 2.34. The molecule has 0 aliphatic rings. The average Bonchev–Trinajstić information content (AvgIpc) is 2.30. The van der Waals surface area contributed by atoms with E-state index in [1.165, 1.54) is 0 Å². The molecule has 0 amide bonds. The van der Waals surface area contributed by atoms with Gasteiger partial charge in [-0.25, -0.2) is 0 Å². The number of phenols is 2. The van der Waals surface area contributed by atoms with E-state index < -0.39 is 0 Å². The van der Waals surface area contributed by atoms with Gasteiger partial charge in [0.05, 0.1) is 0 Å². The van der Waals surface area contributed by atoms with E-state index in [4.69, 9.17) is 0 Å². The summed E-state index contributed by atoms with van der Waals surface area (Å²) in [6, 6.07) is 1.59. The van der Waals surface area contributed by atoms with Gasteiger partial charge in [0.2, 0.25) is 0 Å². The number of allylic oxidation sites excluding steroid dienone is 3. The molecule has 0 saturated heterocycles. The van der Waals surface area contributed by atoms with Crippen molar-refractivity contribution >= 4 is 0 Å². The second-order valence-electron chi connectivity index (χ2n) is 3.84. The predicted octanol–water partition coefficient (Wildman–Crippen LogP) is 3.28. The molecule has 0 aliphatic heterocycles. The lowest BCUT2D eigenvalue weighted by Crippen LogP contribution is -1.97. The zero-order chi connectivity index (χ0) is 12.8. The van der Waals surface area contributed by atoms with Crippen LogP contribution in [0.3, 0.4) is 0 Å². The molecule has 2 nitrogen and oxygen atoms in total. The van der Waals surface area contributed by atoms with Gasteiger partial charge in [-0.1, -0.05) is 18.2 Å². The molecular weight excluding hydrogens is 212 g/mol. The smallest absolute Gasteiger partial charge is 0.123 e. The molecule has 17 heavy (non-hydrogen) atoms. The van der Waals surface area contributed by atoms with Gasteiger partial charge in [0, 0.05) is 16.7 Å². The number of benzene rings is 1. The van der Waals surface area contributed by atoms with Crippen LogP contribution in [0, 0.1) is 0 Å². The third-order valence-corrected chi connectivity index (χ3v) is 2.64. The van der Waals surface area contributed by atoms with E-state index in [1.54, 1.807) is 24.3 Å². The molecule has 0 radical (unpaired) electrons. The van der Waals surface area contributed by atoms with Crippen LogP contribution in [-0.4, -0.2) is 10.2 Å². The van der Waals surface area contributed by atoms with E-state index >= 15 is 0 Å². The topological polar surface area (TPSA) is 40.5 Å². The number of hydrogen-bond donors (Lipinski definition) is 2. The molecule has 1 aromatic carbocycles. The highest BCUT2D eigenvalue weighted by molar-refractivity contribution is 5.54. The zero-order valence-electron chi connectivity index (χ0n) is 9.95. The Kier molecular flexibility index (Phi) is 4.58. The molecule has 1 aromatic rings. The van der Waals surface area contributed by atoms with Crippen LogP contribution in [0.15, 0.2) is 44.0 Å². The second-order valence-corrected chi connectivity index (χ2v) is 3.84. The summed E-state index contributed by atoms with van der Waals surface area (Å²) in [5.74, 6) is 0.413. The lowest BCUT2D eigenvalue weighted by Gasteiger charge is -2.14. The Balaban J connectivity index is 3.39. The van der Waals surface area contributed by atoms with Gasteiger partial charge in [-0.05, 0) is 25.3 Å². The maximum Gasteiger partial charge on any atom is 0.123 e. The van der Waals surface area contributed by atoms with Crippen LogP contribution in [0.5, 0.6) is 11.5 Å². The Hall–Kier alpha value is -1.96. The lowest BCUT2D eigenvalue weighted by molar-refractivity contribution is 0.446. The van der Waals surface area contributed by atoms with E-state index in [-0.39, 0.29) is 11.5 Å². The fourth-order valence-electron chi connectivity index (χ4n) is 1.86. The first kappa shape index (κ1) is 13.1. The van der Waals surface area contributed by atoms with E-state index in [0.717, 1.165) is 5.56 Å². The minimum absolute atomic E-state index is 0.191. The van der Waals surface area contributed by atoms with Gasteiger partial charge < -0.3 is 10.2 Å². The molecule has 0 unspecified atom stereocenters. The maximum absolute atomic E-state index is 10.1. The number of hydrogen-bond acceptors (Lipinski definition) is 2. The van der Waals surface area contributed by atoms with Crippen LogP contribution in [-0.2, 0) is 19.3 Å². The lowest BCUT2D eigenvalue weighted by atomic mass is 9.95. The monoisotopic (exact) mass is 230 g/mol. The van der Waals surface area contributed by atoms with Crippen LogP contribution < -0.4 is 0 Å². The highest BCUT2D eigenvalue weighted by atomic mass is 16.3. The van der Waals surface area contributed by atoms with Crippen LogP contribution in [0.2, 0.25) is 0 Å². The van der Waals surface area contributed by atoms with Gasteiger partial charge in [0.15, 0.2) is 0 Å². The molecule has 0 aliphatic carbocycles. The van der Waals surface area contributed by atoms with E-state index in [2.05, 4.69) is 19.7 Å². The minimum Gasteiger partial charge on any atom is -0.508 e. The van der Waals surface area contributed by atoms with Crippen molar-refractivity contribution in [3.63, 3.8) is 0 Å². The number of aromatic hydroxyl groups is 2. The number of rotatable bonds is 6. The van der Waals surface area contributed by atoms with Gasteiger partial charge in [-0.2, -0.15) is 0 Å². The van der Waals surface area contributed by atoms with Crippen molar-refractivity contribution < 1.29 is 10.2 Å². The fraction of sp³-hybridized carbons (Fsp3) is 0.200. The van der Waals surface area contributed by atoms with E-state index in [9.17, 15) is 10.2 Å². The molecule has 0 aromatic heterocycles. The van der Waals surface area contributed by atoms with Gasteiger partial charge in [0.1, 0.15) is 11.5 Å². The fourth-order valence-corrected chi connectivity index (χ4v) is 1.86. The summed E-state index contributed by atoms with van der Waals surface area (Å²) in [7, 11) is 0. The molecule has 90 valence electrons. The molecule has 0 bridgehead atoms. The third-order valence-electron chi connectivity index (χ3n) is 2.64. The molecule has 0 heterocycles. The van der Waals surface area contributed by atoms with Crippen molar-refractivity contribution in [3.8, 4) is 11.5 Å². The van der Waals surface area contributed by atoms with Crippen molar-refractivity contribution in [2.75, 3.05) is 0 Å². The highest BCUT2D eigenvalue weighted by Gasteiger charge is 2.14. The minimum atomic E-state index is 0.191. The second kappa shape index (κ2) is 5.94. The summed E-state index contributed by atoms with van der Waals surface area (Å²) in [5, 5.41) is 20.1. The molecule has 0 atom stereocenters. The largest absolute Gasteiger partial charge is 0.508 e. The summed E-state index contributed by atoms with van der Waals surface area (Å²) >= 11 is 0. The first-order valence-electron chi connectivity index (χ1n) is 5.53. The summed E-state index contributed by atoms with van der Waals surface area (Å²) in [5.41, 5.74) is 2.11. The Morgan fingerprint density at radius 2 is 1.41 bits per heavy atom. The van der Waals surface area contributed by atoms with E-state index in [0.29, 0.717) is 30.4 Å². The van der Waals surface area contributed by atoms with Crippen molar-refractivity contribution in [3.05, 3.63) is 60.7 Å². The first-order valence-corrected chi connectivity index (χ1v) is 5.53. The van der Waals surface area contributed by atoms with Crippen LogP contribution in [0.4, 0.5) is 0 Å². The first-order chi connectivity index (χ1) is 8.15. The van der Waals surface area contributed by atoms with Crippen LogP contribution in [0.1, 0.15) is 16.7 Å². The van der Waals surface area contributed by atoms with Gasteiger partial charge in [-0.15, -0.1) is 19.7 Å².